The quantitative estimate of drug-likeness (QED) is 0.512. The molecule has 4 nitrogen and oxygen atoms in total. The molecule has 0 rings (SSSR count). The molecule has 0 saturated heterocycles. The molecule has 0 fully saturated rings. The van der Waals surface area contributed by atoms with Crippen molar-refractivity contribution < 1.29 is 9.90 Å². The van der Waals surface area contributed by atoms with Crippen molar-refractivity contribution >= 4 is 6.09 Å². The van der Waals surface area contributed by atoms with Crippen molar-refractivity contribution in [1.82, 2.24) is 4.90 Å². The predicted molar refractivity (Wildman–Crippen MR) is 31.7 cm³/mol. The Labute approximate surface area is 54.3 Å². The smallest absolute Gasteiger partial charge is 0.136 e. The summed E-state index contributed by atoms with van der Waals surface area (Å²) in [5.74, 6) is 0. The van der Waals surface area contributed by atoms with E-state index in [-0.39, 0.29) is 0 Å². The van der Waals surface area contributed by atoms with E-state index in [1.165, 1.54) is 0 Å². The molecule has 0 aromatic rings. The van der Waals surface area contributed by atoms with Crippen LogP contribution in [-0.4, -0.2) is 30.6 Å². The average molecular weight is 131 g/mol. The molecule has 0 aliphatic rings. The van der Waals surface area contributed by atoms with Gasteiger partial charge in [0.15, 0.2) is 0 Å². The zero-order valence-corrected chi connectivity index (χ0v) is 5.46. The zero-order chi connectivity index (χ0) is 7.28. The van der Waals surface area contributed by atoms with Crippen LogP contribution in [0.2, 0.25) is 0 Å². The number of hydrogen-bond donors (Lipinski definition) is 1. The van der Waals surface area contributed by atoms with Gasteiger partial charge in [-0.15, -0.1) is 0 Å². The maximum Gasteiger partial charge on any atom is 0.136 e. The van der Waals surface area contributed by atoms with Gasteiger partial charge in [-0.2, -0.15) is 0 Å². The van der Waals surface area contributed by atoms with Crippen LogP contribution in [0.1, 0.15) is 6.92 Å². The van der Waals surface area contributed by atoms with Gasteiger partial charge in [-0.1, -0.05) is 0 Å². The highest BCUT2D eigenvalue weighted by atomic mass is 16.4. The van der Waals surface area contributed by atoms with Gasteiger partial charge in [0, 0.05) is 19.6 Å². The lowest BCUT2D eigenvalue weighted by Gasteiger charge is -2.21. The predicted octanol–water partition coefficient (Wildman–Crippen LogP) is -1.39. The maximum absolute atomic E-state index is 10.1. The highest BCUT2D eigenvalue weighted by Crippen LogP contribution is 1.82. The lowest BCUT2D eigenvalue weighted by Crippen LogP contribution is -2.43. The second-order valence-corrected chi connectivity index (χ2v) is 1.63. The standard InChI is InChI=1S/C5H12N2O2/c1-2-7(4-3-6)5(8)9/h2-4,6H2,1H3,(H,8,9)/p-1. The molecule has 0 aliphatic carbocycles. The minimum Gasteiger partial charge on any atom is -0.530 e. The second kappa shape index (κ2) is 4.14. The fourth-order valence-electron chi connectivity index (χ4n) is 0.534. The van der Waals surface area contributed by atoms with Crippen LogP contribution < -0.4 is 10.8 Å². The number of rotatable bonds is 3. The zero-order valence-electron chi connectivity index (χ0n) is 5.46. The average Bonchev–Trinajstić information content (AvgIpc) is 1.82. The van der Waals surface area contributed by atoms with Crippen molar-refractivity contribution in [3.8, 4) is 0 Å². The summed E-state index contributed by atoms with van der Waals surface area (Å²) in [7, 11) is 0. The van der Waals surface area contributed by atoms with E-state index in [2.05, 4.69) is 0 Å². The third-order valence-corrected chi connectivity index (χ3v) is 1.04. The molecule has 0 aromatic carbocycles. The summed E-state index contributed by atoms with van der Waals surface area (Å²) < 4.78 is 0. The highest BCUT2D eigenvalue weighted by molar-refractivity contribution is 5.62. The minimum atomic E-state index is -1.15. The molecule has 4 heteroatoms. The number of amides is 1. The number of carboxylic acid groups (broad SMARTS) is 1. The summed E-state index contributed by atoms with van der Waals surface area (Å²) in [6.07, 6.45) is -1.15. The summed E-state index contributed by atoms with van der Waals surface area (Å²) in [5.41, 5.74) is 5.11. The molecule has 0 spiro atoms. The van der Waals surface area contributed by atoms with Crippen molar-refractivity contribution in [1.29, 1.82) is 0 Å². The Balaban J connectivity index is 3.54. The number of carbonyl (C=O) groups is 1. The topological polar surface area (TPSA) is 69.4 Å². The number of likely N-dealkylation sites (N-methyl/N-ethyl adjacent to an activating group) is 1. The van der Waals surface area contributed by atoms with E-state index in [9.17, 15) is 9.90 Å². The fourth-order valence-corrected chi connectivity index (χ4v) is 0.534. The Morgan fingerprint density at radius 2 is 2.33 bits per heavy atom. The second-order valence-electron chi connectivity index (χ2n) is 1.63. The van der Waals surface area contributed by atoms with Gasteiger partial charge in [0.05, 0.1) is 0 Å². The van der Waals surface area contributed by atoms with Crippen LogP contribution in [-0.2, 0) is 0 Å². The van der Waals surface area contributed by atoms with Gasteiger partial charge in [0.2, 0.25) is 0 Å². The van der Waals surface area contributed by atoms with Crippen molar-refractivity contribution in [2.45, 2.75) is 6.92 Å². The molecular formula is C5H11N2O2-. The Morgan fingerprint density at radius 1 is 1.78 bits per heavy atom. The number of hydrogen-bond acceptors (Lipinski definition) is 3. The van der Waals surface area contributed by atoms with Crippen molar-refractivity contribution in [2.24, 2.45) is 5.73 Å². The Kier molecular flexibility index (Phi) is 3.79. The van der Waals surface area contributed by atoms with Crippen LogP contribution >= 0.6 is 0 Å². The first-order valence-electron chi connectivity index (χ1n) is 2.88. The van der Waals surface area contributed by atoms with Crippen LogP contribution in [0, 0.1) is 0 Å². The lowest BCUT2D eigenvalue weighted by molar-refractivity contribution is -0.265. The van der Waals surface area contributed by atoms with E-state index >= 15 is 0 Å². The van der Waals surface area contributed by atoms with Gasteiger partial charge >= 0.3 is 0 Å². The minimum absolute atomic E-state index is 0.349. The lowest BCUT2D eigenvalue weighted by atomic mass is 10.5. The van der Waals surface area contributed by atoms with Gasteiger partial charge < -0.3 is 20.5 Å². The third kappa shape index (κ3) is 2.92. The monoisotopic (exact) mass is 131 g/mol. The van der Waals surface area contributed by atoms with Gasteiger partial charge in [0.1, 0.15) is 6.09 Å². The van der Waals surface area contributed by atoms with Gasteiger partial charge in [-0.25, -0.2) is 0 Å². The maximum atomic E-state index is 10.1. The van der Waals surface area contributed by atoms with E-state index in [0.717, 1.165) is 4.90 Å². The molecular weight excluding hydrogens is 120 g/mol. The van der Waals surface area contributed by atoms with E-state index in [4.69, 9.17) is 5.73 Å². The van der Waals surface area contributed by atoms with E-state index in [1.807, 2.05) is 0 Å². The highest BCUT2D eigenvalue weighted by Gasteiger charge is 1.96. The molecule has 0 saturated carbocycles. The Morgan fingerprint density at radius 3 is 2.44 bits per heavy atom. The summed E-state index contributed by atoms with van der Waals surface area (Å²) >= 11 is 0. The van der Waals surface area contributed by atoms with Crippen LogP contribution in [0.4, 0.5) is 4.79 Å². The fraction of sp³-hybridized carbons (Fsp3) is 0.800. The number of nitrogens with two attached hydrogens (primary N) is 1. The van der Waals surface area contributed by atoms with Crippen LogP contribution in [0.3, 0.4) is 0 Å². The third-order valence-electron chi connectivity index (χ3n) is 1.04. The van der Waals surface area contributed by atoms with Gasteiger partial charge in [0.25, 0.3) is 0 Å². The largest absolute Gasteiger partial charge is 0.530 e. The van der Waals surface area contributed by atoms with Crippen molar-refractivity contribution in [3.63, 3.8) is 0 Å². The number of carbonyl (C=O) groups excluding carboxylic acids is 1. The summed E-state index contributed by atoms with van der Waals surface area (Å²) in [4.78, 5) is 11.2. The molecule has 0 atom stereocenters. The summed E-state index contributed by atoms with van der Waals surface area (Å²) in [5, 5.41) is 10.1. The van der Waals surface area contributed by atoms with Gasteiger partial charge in [-0.05, 0) is 6.92 Å². The molecule has 0 radical (unpaired) electrons. The molecule has 54 valence electrons. The molecule has 1 amide bonds. The molecule has 2 N–H and O–H groups in total. The Bertz CT molecular complexity index is 95.0. The van der Waals surface area contributed by atoms with E-state index < -0.39 is 6.09 Å². The van der Waals surface area contributed by atoms with Crippen LogP contribution in [0.25, 0.3) is 0 Å². The first-order chi connectivity index (χ1) is 4.22. The van der Waals surface area contributed by atoms with E-state index in [1.54, 1.807) is 6.92 Å². The molecule has 0 aromatic heterocycles. The normalized spacial score (nSPS) is 9.11. The SMILES string of the molecule is CCN(CCN)C(=O)[O-]. The van der Waals surface area contributed by atoms with Crippen molar-refractivity contribution in [2.75, 3.05) is 19.6 Å². The van der Waals surface area contributed by atoms with E-state index in [0.29, 0.717) is 19.6 Å². The van der Waals surface area contributed by atoms with Crippen molar-refractivity contribution in [3.05, 3.63) is 0 Å². The molecule has 0 heterocycles. The molecule has 9 heavy (non-hydrogen) atoms. The van der Waals surface area contributed by atoms with Crippen LogP contribution in [0.15, 0.2) is 0 Å². The first-order valence-corrected chi connectivity index (χ1v) is 2.88. The molecule has 0 aliphatic heterocycles. The molecule has 0 bridgehead atoms. The Hall–Kier alpha value is -0.770. The number of nitrogens with zero attached hydrogens (tertiary/aromatic N) is 1. The molecule has 0 unspecified atom stereocenters. The first kappa shape index (κ1) is 8.23. The summed E-state index contributed by atoms with van der Waals surface area (Å²) in [6.45, 7) is 2.89. The van der Waals surface area contributed by atoms with Gasteiger partial charge in [-0.3, -0.25) is 0 Å². The van der Waals surface area contributed by atoms with Crippen LogP contribution in [0.5, 0.6) is 0 Å². The summed E-state index contributed by atoms with van der Waals surface area (Å²) in [6, 6.07) is 0.